The third-order valence-electron chi connectivity index (χ3n) is 8.17. The third-order valence-corrected chi connectivity index (χ3v) is 9.68. The zero-order chi connectivity index (χ0) is 34.5. The van der Waals surface area contributed by atoms with Gasteiger partial charge in [0, 0.05) is 10.0 Å². The van der Waals surface area contributed by atoms with E-state index in [0.717, 1.165) is 32.3 Å². The van der Waals surface area contributed by atoms with Crippen LogP contribution < -0.4 is 24.4 Å². The highest BCUT2D eigenvalue weighted by Crippen LogP contribution is 2.36. The van der Waals surface area contributed by atoms with Gasteiger partial charge in [-0.2, -0.15) is 0 Å². The highest BCUT2D eigenvalue weighted by Gasteiger charge is 2.35. The lowest BCUT2D eigenvalue weighted by molar-refractivity contribution is -0.138. The molecule has 0 fully saturated rings. The maximum Gasteiger partial charge on any atom is 0.338 e. The van der Waals surface area contributed by atoms with Crippen molar-refractivity contribution in [3.63, 3.8) is 0 Å². The van der Waals surface area contributed by atoms with Crippen LogP contribution in [0.4, 0.5) is 0 Å². The zero-order valence-electron chi connectivity index (χ0n) is 27.8. The van der Waals surface area contributed by atoms with Crippen LogP contribution in [-0.4, -0.2) is 23.8 Å². The van der Waals surface area contributed by atoms with Crippen LogP contribution in [0.3, 0.4) is 0 Å². The number of benzene rings is 4. The van der Waals surface area contributed by atoms with Gasteiger partial charge in [0.15, 0.2) is 16.3 Å². The highest BCUT2D eigenvalue weighted by atomic mass is 79.9. The molecular weight excluding hydrogens is 700 g/mol. The molecule has 1 atom stereocenters. The van der Waals surface area contributed by atoms with Crippen LogP contribution in [0, 0.1) is 0 Å². The maximum absolute atomic E-state index is 14.4. The summed E-state index contributed by atoms with van der Waals surface area (Å²) < 4.78 is 20.8. The summed E-state index contributed by atoms with van der Waals surface area (Å²) in [6.45, 7) is 8.99. The van der Waals surface area contributed by atoms with Crippen molar-refractivity contribution >= 4 is 45.0 Å². The number of carbonyl (C=O) groups excluding carboxylic acids is 1. The SMILES string of the molecule is CCOC(=O)C1=C(c2ccccc2)N=c2s/c(=C\c3ccc(OCc4ccc(Br)cc4)c(OCC)c3)c(=O)n2[C@H]1c1ccc(C(C)C)cc1. The molecule has 1 aromatic heterocycles. The predicted molar refractivity (Wildman–Crippen MR) is 198 cm³/mol. The smallest absolute Gasteiger partial charge is 0.338 e. The second-order valence-electron chi connectivity index (χ2n) is 11.8. The van der Waals surface area contributed by atoms with Gasteiger partial charge in [0.25, 0.3) is 5.56 Å². The number of rotatable bonds is 11. The number of fused-ring (bicyclic) bond motifs is 1. The number of hydrogen-bond donors (Lipinski definition) is 0. The fourth-order valence-electron chi connectivity index (χ4n) is 5.71. The van der Waals surface area contributed by atoms with Gasteiger partial charge in [0.1, 0.15) is 6.61 Å². The van der Waals surface area contributed by atoms with Crippen molar-refractivity contribution in [2.75, 3.05) is 13.2 Å². The lowest BCUT2D eigenvalue weighted by Gasteiger charge is -2.26. The van der Waals surface area contributed by atoms with Crippen molar-refractivity contribution in [3.8, 4) is 11.5 Å². The Labute approximate surface area is 298 Å². The molecule has 250 valence electrons. The van der Waals surface area contributed by atoms with E-state index < -0.39 is 12.0 Å². The number of esters is 1. The molecule has 1 aliphatic rings. The fourth-order valence-corrected chi connectivity index (χ4v) is 6.98. The largest absolute Gasteiger partial charge is 0.490 e. The summed E-state index contributed by atoms with van der Waals surface area (Å²) in [6.07, 6.45) is 1.83. The first-order valence-corrected chi connectivity index (χ1v) is 17.9. The number of nitrogens with zero attached hydrogens (tertiary/aromatic N) is 2. The zero-order valence-corrected chi connectivity index (χ0v) is 30.2. The molecule has 6 rings (SSSR count). The minimum absolute atomic E-state index is 0.193. The molecule has 9 heteroatoms. The number of ether oxygens (including phenoxy) is 3. The molecule has 0 aliphatic carbocycles. The second-order valence-corrected chi connectivity index (χ2v) is 13.7. The van der Waals surface area contributed by atoms with E-state index >= 15 is 0 Å². The Morgan fingerprint density at radius 1 is 0.918 bits per heavy atom. The number of hydrogen-bond acceptors (Lipinski definition) is 7. The summed E-state index contributed by atoms with van der Waals surface area (Å²) in [5, 5.41) is 0. The van der Waals surface area contributed by atoms with Gasteiger partial charge >= 0.3 is 5.97 Å². The Kier molecular flexibility index (Phi) is 10.6. The lowest BCUT2D eigenvalue weighted by Crippen LogP contribution is -2.40. The third kappa shape index (κ3) is 7.48. The fraction of sp³-hybridized carbons (Fsp3) is 0.225. The Balaban J connectivity index is 1.47. The van der Waals surface area contributed by atoms with Crippen LogP contribution in [0.1, 0.15) is 67.5 Å². The molecule has 0 amide bonds. The van der Waals surface area contributed by atoms with Gasteiger partial charge in [-0.3, -0.25) is 9.36 Å². The van der Waals surface area contributed by atoms with Crippen molar-refractivity contribution in [1.82, 2.24) is 4.57 Å². The molecule has 0 saturated heterocycles. The molecule has 0 spiro atoms. The van der Waals surface area contributed by atoms with E-state index in [9.17, 15) is 9.59 Å². The average molecular weight is 738 g/mol. The van der Waals surface area contributed by atoms with Crippen LogP contribution in [0.15, 0.2) is 117 Å². The number of thiazole rings is 1. The summed E-state index contributed by atoms with van der Waals surface area (Å²) >= 11 is 4.75. The summed E-state index contributed by atoms with van der Waals surface area (Å²) in [6, 6.07) is 30.5. The Bertz CT molecular complexity index is 2170. The van der Waals surface area contributed by atoms with Gasteiger partial charge in [-0.1, -0.05) is 114 Å². The van der Waals surface area contributed by atoms with Crippen molar-refractivity contribution in [3.05, 3.63) is 155 Å². The van der Waals surface area contributed by atoms with Crippen molar-refractivity contribution in [2.24, 2.45) is 4.99 Å². The van der Waals surface area contributed by atoms with Crippen LogP contribution in [0.25, 0.3) is 11.8 Å². The summed E-state index contributed by atoms with van der Waals surface area (Å²) in [4.78, 5) is 33.6. The molecule has 5 aromatic rings. The minimum atomic E-state index is -0.734. The van der Waals surface area contributed by atoms with Gasteiger partial charge in [0.05, 0.1) is 35.1 Å². The normalized spacial score (nSPS) is 14.4. The molecule has 0 unspecified atom stereocenters. The van der Waals surface area contributed by atoms with Crippen molar-refractivity contribution in [1.29, 1.82) is 0 Å². The highest BCUT2D eigenvalue weighted by molar-refractivity contribution is 9.10. The summed E-state index contributed by atoms with van der Waals surface area (Å²) in [5.74, 6) is 1.02. The molecule has 2 heterocycles. The first-order chi connectivity index (χ1) is 23.8. The van der Waals surface area contributed by atoms with E-state index in [1.807, 2.05) is 97.9 Å². The molecule has 0 radical (unpaired) electrons. The van der Waals surface area contributed by atoms with E-state index in [0.29, 0.717) is 51.2 Å². The Hall–Kier alpha value is -4.73. The monoisotopic (exact) mass is 736 g/mol. The number of carbonyl (C=O) groups is 1. The minimum Gasteiger partial charge on any atom is -0.490 e. The predicted octanol–water partition coefficient (Wildman–Crippen LogP) is 7.80. The number of halogens is 1. The average Bonchev–Trinajstić information content (AvgIpc) is 3.42. The van der Waals surface area contributed by atoms with Crippen molar-refractivity contribution < 1.29 is 19.0 Å². The van der Waals surface area contributed by atoms with E-state index in [1.54, 1.807) is 11.5 Å². The molecule has 1 aliphatic heterocycles. The molecule has 0 bridgehead atoms. The Morgan fingerprint density at radius 3 is 2.33 bits per heavy atom. The van der Waals surface area contributed by atoms with Crippen LogP contribution in [0.5, 0.6) is 11.5 Å². The molecule has 0 saturated carbocycles. The standard InChI is InChI=1S/C40H37BrN2O5S/c1-5-46-33-22-27(14-21-32(33)48-24-26-12-19-31(41)20-13-26)23-34-38(44)43-37(30-17-15-28(16-18-30)25(3)4)35(39(45)47-6-2)36(42-40(43)49-34)29-10-8-7-9-11-29/h7-23,25,37H,5-6,24H2,1-4H3/b34-23-/t37-/m0/s1. The van der Waals surface area contributed by atoms with E-state index in [2.05, 4.69) is 41.9 Å². The molecule has 49 heavy (non-hydrogen) atoms. The first-order valence-electron chi connectivity index (χ1n) is 16.3. The maximum atomic E-state index is 14.4. The van der Waals surface area contributed by atoms with E-state index in [-0.39, 0.29) is 12.2 Å². The quantitative estimate of drug-likeness (QED) is 0.129. The van der Waals surface area contributed by atoms with Gasteiger partial charge in [0.2, 0.25) is 0 Å². The van der Waals surface area contributed by atoms with Crippen molar-refractivity contribution in [2.45, 2.75) is 46.3 Å². The van der Waals surface area contributed by atoms with Gasteiger partial charge in [-0.15, -0.1) is 0 Å². The summed E-state index contributed by atoms with van der Waals surface area (Å²) in [5.41, 5.74) is 5.11. The topological polar surface area (TPSA) is 79.1 Å². The van der Waals surface area contributed by atoms with Gasteiger partial charge in [-0.05, 0) is 72.4 Å². The summed E-state index contributed by atoms with van der Waals surface area (Å²) in [7, 11) is 0. The second kappa shape index (κ2) is 15.2. The Morgan fingerprint density at radius 2 is 1.65 bits per heavy atom. The van der Waals surface area contributed by atoms with Crippen LogP contribution in [0.2, 0.25) is 0 Å². The van der Waals surface area contributed by atoms with E-state index in [4.69, 9.17) is 19.2 Å². The van der Waals surface area contributed by atoms with Crippen LogP contribution >= 0.6 is 27.3 Å². The molecule has 0 N–H and O–H groups in total. The van der Waals surface area contributed by atoms with Crippen LogP contribution in [-0.2, 0) is 16.1 Å². The molecule has 7 nitrogen and oxygen atoms in total. The molecule has 4 aromatic carbocycles. The van der Waals surface area contributed by atoms with Gasteiger partial charge < -0.3 is 14.2 Å². The first kappa shape index (κ1) is 34.1. The number of aromatic nitrogens is 1. The van der Waals surface area contributed by atoms with E-state index in [1.165, 1.54) is 11.3 Å². The van der Waals surface area contributed by atoms with Gasteiger partial charge in [-0.25, -0.2) is 9.79 Å². The molecular formula is C40H37BrN2O5S. The lowest BCUT2D eigenvalue weighted by atomic mass is 9.91.